The lowest BCUT2D eigenvalue weighted by Gasteiger charge is -2.24. The normalized spacial score (nSPS) is 27.5. The summed E-state index contributed by atoms with van der Waals surface area (Å²) in [5, 5.41) is 4.07. The molecule has 7 heteroatoms. The zero-order valence-electron chi connectivity index (χ0n) is 12.0. The predicted octanol–water partition coefficient (Wildman–Crippen LogP) is 0.380. The summed E-state index contributed by atoms with van der Waals surface area (Å²) in [4.78, 5) is 20.7. The van der Waals surface area contributed by atoms with Gasteiger partial charge in [0, 0.05) is 32.1 Å². The van der Waals surface area contributed by atoms with Gasteiger partial charge in [-0.25, -0.2) is 0 Å². The zero-order chi connectivity index (χ0) is 14.2. The summed E-state index contributed by atoms with van der Waals surface area (Å²) < 4.78 is 10.7. The van der Waals surface area contributed by atoms with Gasteiger partial charge in [0.2, 0.25) is 11.8 Å². The van der Waals surface area contributed by atoms with Crippen LogP contribution >= 0.6 is 0 Å². The molecule has 114 valence electrons. The third-order valence-electron chi connectivity index (χ3n) is 4.45. The summed E-state index contributed by atoms with van der Waals surface area (Å²) in [6, 6.07) is 0.471. The van der Waals surface area contributed by atoms with Gasteiger partial charge in [0.05, 0.1) is 25.7 Å². The number of nitrogens with zero attached hydrogens (tertiary/aromatic N) is 4. The first kappa shape index (κ1) is 13.2. The van der Waals surface area contributed by atoms with E-state index >= 15 is 0 Å². The molecule has 21 heavy (non-hydrogen) atoms. The molecule has 0 radical (unpaired) electrons. The van der Waals surface area contributed by atoms with E-state index in [9.17, 15) is 4.79 Å². The first-order valence-electron chi connectivity index (χ1n) is 7.71. The minimum Gasteiger partial charge on any atom is -0.379 e. The van der Waals surface area contributed by atoms with E-state index in [0.717, 1.165) is 45.7 Å². The number of amides is 1. The van der Waals surface area contributed by atoms with Crippen molar-refractivity contribution in [2.24, 2.45) is 0 Å². The number of morpholine rings is 1. The van der Waals surface area contributed by atoms with Crippen molar-refractivity contribution in [2.45, 2.75) is 37.8 Å². The van der Waals surface area contributed by atoms with E-state index in [4.69, 9.17) is 9.26 Å². The molecule has 1 aliphatic carbocycles. The van der Waals surface area contributed by atoms with Crippen molar-refractivity contribution in [3.8, 4) is 0 Å². The topological polar surface area (TPSA) is 71.7 Å². The molecule has 2 aliphatic heterocycles. The molecule has 7 nitrogen and oxygen atoms in total. The lowest BCUT2D eigenvalue weighted by atomic mass is 10.1. The second kappa shape index (κ2) is 5.38. The molecule has 1 aromatic heterocycles. The van der Waals surface area contributed by atoms with Gasteiger partial charge in [-0.1, -0.05) is 5.16 Å². The number of ether oxygens (including phenoxy) is 1. The summed E-state index contributed by atoms with van der Waals surface area (Å²) in [6.45, 7) is 4.77. The molecule has 1 amide bonds. The maximum atomic E-state index is 12.0. The van der Waals surface area contributed by atoms with Crippen molar-refractivity contribution in [1.29, 1.82) is 0 Å². The molecule has 0 N–H and O–H groups in total. The first-order valence-corrected chi connectivity index (χ1v) is 7.71. The highest BCUT2D eigenvalue weighted by molar-refractivity contribution is 5.80. The van der Waals surface area contributed by atoms with Gasteiger partial charge in [-0.05, 0) is 12.8 Å². The van der Waals surface area contributed by atoms with Gasteiger partial charge < -0.3 is 14.2 Å². The molecule has 0 bridgehead atoms. The molecular formula is C14H20N4O3. The van der Waals surface area contributed by atoms with E-state index in [0.29, 0.717) is 30.7 Å². The van der Waals surface area contributed by atoms with Crippen LogP contribution in [-0.2, 0) is 16.1 Å². The largest absolute Gasteiger partial charge is 0.379 e. The summed E-state index contributed by atoms with van der Waals surface area (Å²) in [6.07, 6.45) is 2.80. The van der Waals surface area contributed by atoms with E-state index in [1.54, 1.807) is 0 Å². The Morgan fingerprint density at radius 1 is 1.24 bits per heavy atom. The summed E-state index contributed by atoms with van der Waals surface area (Å²) in [5.41, 5.74) is 0. The lowest BCUT2D eigenvalue weighted by Crippen LogP contribution is -2.35. The van der Waals surface area contributed by atoms with Crippen LogP contribution in [0.3, 0.4) is 0 Å². The van der Waals surface area contributed by atoms with Gasteiger partial charge in [0.1, 0.15) is 0 Å². The summed E-state index contributed by atoms with van der Waals surface area (Å²) in [5.74, 6) is 1.64. The number of carbonyl (C=O) groups excluding carboxylic acids is 1. The molecule has 3 heterocycles. The Labute approximate surface area is 123 Å². The average molecular weight is 292 g/mol. The van der Waals surface area contributed by atoms with Crippen molar-refractivity contribution in [1.82, 2.24) is 19.9 Å². The SMILES string of the molecule is O=C1CC(c2nc(CN3CCOCC3)no2)CN1C1CC1. The van der Waals surface area contributed by atoms with Crippen LogP contribution < -0.4 is 0 Å². The minimum absolute atomic E-state index is 0.0732. The van der Waals surface area contributed by atoms with Crippen LogP contribution in [0.25, 0.3) is 0 Å². The second-order valence-corrected chi connectivity index (χ2v) is 6.12. The van der Waals surface area contributed by atoms with Gasteiger partial charge >= 0.3 is 0 Å². The van der Waals surface area contributed by atoms with Gasteiger partial charge in [-0.15, -0.1) is 0 Å². The maximum Gasteiger partial charge on any atom is 0.232 e. The molecule has 3 fully saturated rings. The predicted molar refractivity (Wildman–Crippen MR) is 72.5 cm³/mol. The van der Waals surface area contributed by atoms with Crippen LogP contribution in [0.4, 0.5) is 0 Å². The molecule has 2 saturated heterocycles. The molecule has 3 aliphatic rings. The van der Waals surface area contributed by atoms with Gasteiger partial charge in [0.25, 0.3) is 0 Å². The maximum absolute atomic E-state index is 12.0. The second-order valence-electron chi connectivity index (χ2n) is 6.12. The summed E-state index contributed by atoms with van der Waals surface area (Å²) >= 11 is 0. The Hall–Kier alpha value is -1.47. The summed E-state index contributed by atoms with van der Waals surface area (Å²) in [7, 11) is 0. The Morgan fingerprint density at radius 2 is 2.05 bits per heavy atom. The Bertz CT molecular complexity index is 522. The molecule has 0 spiro atoms. The Morgan fingerprint density at radius 3 is 2.81 bits per heavy atom. The van der Waals surface area contributed by atoms with Crippen LogP contribution in [0, 0.1) is 0 Å². The molecule has 1 atom stereocenters. The number of carbonyl (C=O) groups is 1. The fourth-order valence-corrected chi connectivity index (χ4v) is 3.09. The lowest BCUT2D eigenvalue weighted by molar-refractivity contribution is -0.128. The number of aromatic nitrogens is 2. The minimum atomic E-state index is 0.0732. The van der Waals surface area contributed by atoms with Gasteiger partial charge in [-0.2, -0.15) is 4.98 Å². The molecular weight excluding hydrogens is 272 g/mol. The number of rotatable bonds is 4. The van der Waals surface area contributed by atoms with E-state index in [2.05, 4.69) is 15.0 Å². The third-order valence-corrected chi connectivity index (χ3v) is 4.45. The van der Waals surface area contributed by atoms with Crippen LogP contribution in [-0.4, -0.2) is 64.7 Å². The van der Waals surface area contributed by atoms with Crippen molar-refractivity contribution >= 4 is 5.91 Å². The van der Waals surface area contributed by atoms with Crippen molar-refractivity contribution in [3.05, 3.63) is 11.7 Å². The van der Waals surface area contributed by atoms with Gasteiger partial charge in [-0.3, -0.25) is 9.69 Å². The fraction of sp³-hybridized carbons (Fsp3) is 0.786. The number of hydrogen-bond acceptors (Lipinski definition) is 6. The fourth-order valence-electron chi connectivity index (χ4n) is 3.09. The standard InChI is InChI=1S/C14H20N4O3/c19-13-7-10(8-18(13)11-1-2-11)14-15-12(16-21-14)9-17-3-5-20-6-4-17/h10-11H,1-9H2. The highest BCUT2D eigenvalue weighted by Crippen LogP contribution is 2.35. The monoisotopic (exact) mass is 292 g/mol. The van der Waals surface area contributed by atoms with E-state index in [1.165, 1.54) is 0 Å². The Kier molecular flexibility index (Phi) is 3.39. The van der Waals surface area contributed by atoms with E-state index < -0.39 is 0 Å². The molecule has 1 unspecified atom stereocenters. The highest BCUT2D eigenvalue weighted by atomic mass is 16.5. The smallest absolute Gasteiger partial charge is 0.232 e. The van der Waals surface area contributed by atoms with Crippen molar-refractivity contribution < 1.29 is 14.1 Å². The number of hydrogen-bond donors (Lipinski definition) is 0. The van der Waals surface area contributed by atoms with Crippen LogP contribution in [0.5, 0.6) is 0 Å². The van der Waals surface area contributed by atoms with Crippen molar-refractivity contribution in [3.63, 3.8) is 0 Å². The van der Waals surface area contributed by atoms with E-state index in [-0.39, 0.29) is 11.8 Å². The van der Waals surface area contributed by atoms with Crippen LogP contribution in [0.1, 0.15) is 36.9 Å². The number of likely N-dealkylation sites (tertiary alicyclic amines) is 1. The molecule has 4 rings (SSSR count). The van der Waals surface area contributed by atoms with Gasteiger partial charge in [0.15, 0.2) is 5.82 Å². The molecule has 1 aromatic rings. The van der Waals surface area contributed by atoms with Crippen LogP contribution in [0.15, 0.2) is 4.52 Å². The zero-order valence-corrected chi connectivity index (χ0v) is 12.0. The Balaban J connectivity index is 1.39. The van der Waals surface area contributed by atoms with Crippen molar-refractivity contribution in [2.75, 3.05) is 32.8 Å². The molecule has 1 saturated carbocycles. The van der Waals surface area contributed by atoms with E-state index in [1.807, 2.05) is 4.90 Å². The van der Waals surface area contributed by atoms with Crippen LogP contribution in [0.2, 0.25) is 0 Å². The average Bonchev–Trinajstić information content (AvgIpc) is 3.11. The third kappa shape index (κ3) is 2.80. The molecule has 0 aromatic carbocycles. The highest BCUT2D eigenvalue weighted by Gasteiger charge is 2.41. The first-order chi connectivity index (χ1) is 10.3. The quantitative estimate of drug-likeness (QED) is 0.799.